The minimum atomic E-state index is -0.0394. The first kappa shape index (κ1) is 14.5. The molecule has 0 bridgehead atoms. The summed E-state index contributed by atoms with van der Waals surface area (Å²) < 4.78 is 0. The molecule has 21 heavy (non-hydrogen) atoms. The van der Waals surface area contributed by atoms with Crippen LogP contribution in [0, 0.1) is 0 Å². The van der Waals surface area contributed by atoms with E-state index in [-0.39, 0.29) is 18.1 Å². The molecule has 2 fully saturated rings. The van der Waals surface area contributed by atoms with Crippen LogP contribution in [-0.4, -0.2) is 47.9 Å². The van der Waals surface area contributed by atoms with Crippen molar-refractivity contribution in [1.82, 2.24) is 15.1 Å². The molecular formula is C17H25N3O. The summed E-state index contributed by atoms with van der Waals surface area (Å²) in [5, 5.41) is 3.53. The van der Waals surface area contributed by atoms with Crippen LogP contribution < -0.4 is 5.32 Å². The monoisotopic (exact) mass is 287 g/mol. The summed E-state index contributed by atoms with van der Waals surface area (Å²) in [6.07, 6.45) is 3.15. The normalized spacial score (nSPS) is 30.9. The van der Waals surface area contributed by atoms with E-state index in [9.17, 15) is 4.79 Å². The summed E-state index contributed by atoms with van der Waals surface area (Å²) in [4.78, 5) is 17.2. The lowest BCUT2D eigenvalue weighted by Gasteiger charge is -2.38. The largest absolute Gasteiger partial charge is 0.317 e. The van der Waals surface area contributed by atoms with Crippen LogP contribution in [0.25, 0.3) is 0 Å². The molecule has 2 heterocycles. The van der Waals surface area contributed by atoms with Crippen molar-refractivity contribution < 1.29 is 4.79 Å². The molecule has 4 nitrogen and oxygen atoms in total. The number of nitrogens with one attached hydrogen (secondary N) is 1. The molecule has 0 aliphatic carbocycles. The third-order valence-corrected chi connectivity index (χ3v) is 4.71. The maximum absolute atomic E-state index is 12.8. The van der Waals surface area contributed by atoms with Crippen molar-refractivity contribution in [2.75, 3.05) is 20.1 Å². The fourth-order valence-electron chi connectivity index (χ4n) is 3.59. The molecule has 1 amide bonds. The van der Waals surface area contributed by atoms with Crippen molar-refractivity contribution >= 4 is 5.91 Å². The highest BCUT2D eigenvalue weighted by Crippen LogP contribution is 2.31. The average molecular weight is 287 g/mol. The van der Waals surface area contributed by atoms with Crippen LogP contribution in [0.15, 0.2) is 30.3 Å². The van der Waals surface area contributed by atoms with Gasteiger partial charge in [-0.2, -0.15) is 0 Å². The Bertz CT molecular complexity index is 490. The molecule has 3 rings (SSSR count). The number of piperidine rings is 1. The van der Waals surface area contributed by atoms with Crippen molar-refractivity contribution in [2.45, 2.75) is 44.4 Å². The number of rotatable bonds is 3. The quantitative estimate of drug-likeness (QED) is 0.923. The number of carbonyl (C=O) groups is 1. The van der Waals surface area contributed by atoms with Crippen LogP contribution >= 0.6 is 0 Å². The number of amides is 1. The van der Waals surface area contributed by atoms with E-state index in [0.29, 0.717) is 6.04 Å². The number of likely N-dealkylation sites (tertiary alicyclic amines) is 1. The second kappa shape index (κ2) is 6.16. The van der Waals surface area contributed by atoms with E-state index < -0.39 is 0 Å². The van der Waals surface area contributed by atoms with E-state index in [1.54, 1.807) is 0 Å². The smallest absolute Gasteiger partial charge is 0.241 e. The molecule has 1 aromatic carbocycles. The Morgan fingerprint density at radius 3 is 2.71 bits per heavy atom. The van der Waals surface area contributed by atoms with E-state index in [2.05, 4.69) is 41.2 Å². The highest BCUT2D eigenvalue weighted by Gasteiger charge is 2.42. The molecule has 3 unspecified atom stereocenters. The average Bonchev–Trinajstić information content (AvgIpc) is 2.85. The third-order valence-electron chi connectivity index (χ3n) is 4.71. The molecule has 2 saturated heterocycles. The van der Waals surface area contributed by atoms with Gasteiger partial charge in [-0.3, -0.25) is 10.1 Å². The van der Waals surface area contributed by atoms with Gasteiger partial charge in [-0.15, -0.1) is 0 Å². The summed E-state index contributed by atoms with van der Waals surface area (Å²) in [6, 6.07) is 10.6. The van der Waals surface area contributed by atoms with E-state index >= 15 is 0 Å². The van der Waals surface area contributed by atoms with Gasteiger partial charge in [0.1, 0.15) is 6.17 Å². The second-order valence-corrected chi connectivity index (χ2v) is 6.24. The summed E-state index contributed by atoms with van der Waals surface area (Å²) in [6.45, 7) is 4.19. The predicted octanol–water partition coefficient (Wildman–Crippen LogP) is 1.99. The van der Waals surface area contributed by atoms with Gasteiger partial charge < -0.3 is 9.80 Å². The molecule has 4 heteroatoms. The lowest BCUT2D eigenvalue weighted by atomic mass is 10.0. The molecule has 3 atom stereocenters. The Morgan fingerprint density at radius 2 is 2.05 bits per heavy atom. The first-order valence-electron chi connectivity index (χ1n) is 8.02. The minimum Gasteiger partial charge on any atom is -0.317 e. The van der Waals surface area contributed by atoms with Crippen molar-refractivity contribution in [1.29, 1.82) is 0 Å². The van der Waals surface area contributed by atoms with Gasteiger partial charge in [0, 0.05) is 12.6 Å². The molecule has 1 N–H and O–H groups in total. The van der Waals surface area contributed by atoms with Crippen LogP contribution in [0.1, 0.15) is 37.9 Å². The third kappa shape index (κ3) is 2.83. The van der Waals surface area contributed by atoms with E-state index in [1.807, 2.05) is 18.2 Å². The summed E-state index contributed by atoms with van der Waals surface area (Å²) >= 11 is 0. The molecule has 1 aromatic rings. The molecule has 0 radical (unpaired) electrons. The maximum atomic E-state index is 12.8. The van der Waals surface area contributed by atoms with Gasteiger partial charge in [0.2, 0.25) is 5.91 Å². The SMILES string of the molecule is CCC1NC(c2ccccc2)N(C2CCCN(C)C2)C1=O. The van der Waals surface area contributed by atoms with Crippen LogP contribution in [0.3, 0.4) is 0 Å². The van der Waals surface area contributed by atoms with E-state index in [4.69, 9.17) is 0 Å². The summed E-state index contributed by atoms with van der Waals surface area (Å²) in [7, 11) is 2.15. The Morgan fingerprint density at radius 1 is 1.29 bits per heavy atom. The highest BCUT2D eigenvalue weighted by atomic mass is 16.2. The summed E-state index contributed by atoms with van der Waals surface area (Å²) in [5.41, 5.74) is 1.19. The maximum Gasteiger partial charge on any atom is 0.241 e. The number of nitrogens with zero attached hydrogens (tertiary/aromatic N) is 2. The van der Waals surface area contributed by atoms with Gasteiger partial charge in [-0.25, -0.2) is 0 Å². The van der Waals surface area contributed by atoms with Crippen molar-refractivity contribution in [3.05, 3.63) is 35.9 Å². The number of benzene rings is 1. The predicted molar refractivity (Wildman–Crippen MR) is 83.8 cm³/mol. The number of carbonyl (C=O) groups excluding carboxylic acids is 1. The molecule has 114 valence electrons. The van der Waals surface area contributed by atoms with Crippen molar-refractivity contribution in [3.8, 4) is 0 Å². The molecule has 0 saturated carbocycles. The zero-order valence-corrected chi connectivity index (χ0v) is 13.0. The van der Waals surface area contributed by atoms with Gasteiger partial charge in [0.15, 0.2) is 0 Å². The topological polar surface area (TPSA) is 35.6 Å². The van der Waals surface area contributed by atoms with Crippen LogP contribution in [0.5, 0.6) is 0 Å². The van der Waals surface area contributed by atoms with Gasteiger partial charge in [0.05, 0.1) is 6.04 Å². The summed E-state index contributed by atoms with van der Waals surface area (Å²) in [5.74, 6) is 0.270. The first-order chi connectivity index (χ1) is 10.2. The Balaban J connectivity index is 1.87. The van der Waals surface area contributed by atoms with Gasteiger partial charge >= 0.3 is 0 Å². The first-order valence-corrected chi connectivity index (χ1v) is 8.02. The van der Waals surface area contributed by atoms with Crippen LogP contribution in [0.4, 0.5) is 0 Å². The Hall–Kier alpha value is -1.39. The van der Waals surface area contributed by atoms with Crippen molar-refractivity contribution in [3.63, 3.8) is 0 Å². The molecule has 0 spiro atoms. The van der Waals surface area contributed by atoms with Crippen LogP contribution in [0.2, 0.25) is 0 Å². The lowest BCUT2D eigenvalue weighted by Crippen LogP contribution is -2.49. The zero-order chi connectivity index (χ0) is 14.8. The Kier molecular flexibility index (Phi) is 4.27. The van der Waals surface area contributed by atoms with Crippen molar-refractivity contribution in [2.24, 2.45) is 0 Å². The molecule has 2 aliphatic heterocycles. The highest BCUT2D eigenvalue weighted by molar-refractivity contribution is 5.84. The molecular weight excluding hydrogens is 262 g/mol. The van der Waals surface area contributed by atoms with Crippen LogP contribution in [-0.2, 0) is 4.79 Å². The van der Waals surface area contributed by atoms with Gasteiger partial charge in [-0.05, 0) is 38.4 Å². The number of hydrogen-bond donors (Lipinski definition) is 1. The second-order valence-electron chi connectivity index (χ2n) is 6.24. The Labute approximate surface area is 127 Å². The fraction of sp³-hybridized carbons (Fsp3) is 0.588. The zero-order valence-electron chi connectivity index (χ0n) is 13.0. The number of likely N-dealkylation sites (N-methyl/N-ethyl adjacent to an activating group) is 1. The standard InChI is InChI=1S/C17H25N3O/c1-3-15-17(21)20(14-10-7-11-19(2)12-14)16(18-15)13-8-5-4-6-9-13/h4-6,8-9,14-16,18H,3,7,10-12H2,1-2H3. The molecule has 2 aliphatic rings. The van der Waals surface area contributed by atoms with Gasteiger partial charge in [0.25, 0.3) is 0 Å². The van der Waals surface area contributed by atoms with Gasteiger partial charge in [-0.1, -0.05) is 37.3 Å². The molecule has 0 aromatic heterocycles. The minimum absolute atomic E-state index is 0.0279. The van der Waals surface area contributed by atoms with E-state index in [1.165, 1.54) is 12.0 Å². The lowest BCUT2D eigenvalue weighted by molar-refractivity contribution is -0.133. The number of hydrogen-bond acceptors (Lipinski definition) is 3. The van der Waals surface area contributed by atoms with E-state index in [0.717, 1.165) is 25.9 Å². The fourth-order valence-corrected chi connectivity index (χ4v) is 3.59.